The number of alkyl halides is 3. The molecule has 4 nitrogen and oxygen atoms in total. The summed E-state index contributed by atoms with van der Waals surface area (Å²) in [6.07, 6.45) is -1.02. The molecule has 0 spiro atoms. The minimum Gasteiger partial charge on any atom is -0.323 e. The molecule has 0 atom stereocenters. The van der Waals surface area contributed by atoms with Gasteiger partial charge < -0.3 is 5.32 Å². The van der Waals surface area contributed by atoms with Gasteiger partial charge >= 0.3 is 6.18 Å². The number of rotatable bonds is 3. The van der Waals surface area contributed by atoms with Gasteiger partial charge in [0.15, 0.2) is 5.82 Å². The number of aryl methyl sites for hydroxylation is 1. The number of nitrogens with one attached hydrogen (secondary N) is 2. The van der Waals surface area contributed by atoms with Crippen molar-refractivity contribution in [3.63, 3.8) is 0 Å². The summed E-state index contributed by atoms with van der Waals surface area (Å²) in [6, 6.07) is 11.5. The molecular weight excluding hydrogens is 459 g/mol. The summed E-state index contributed by atoms with van der Waals surface area (Å²) in [5.74, 6) is 0.442. The number of fused-ring (bicyclic) bond motifs is 2. The maximum atomic E-state index is 13.8. The molecule has 163 valence electrons. The van der Waals surface area contributed by atoms with Crippen LogP contribution in [0.2, 0.25) is 0 Å². The molecule has 1 aliphatic carbocycles. The van der Waals surface area contributed by atoms with Crippen LogP contribution in [0.1, 0.15) is 29.5 Å². The first-order valence-corrected chi connectivity index (χ1v) is 10.0. The van der Waals surface area contributed by atoms with E-state index in [1.807, 2.05) is 0 Å². The molecule has 32 heavy (non-hydrogen) atoms. The fourth-order valence-electron chi connectivity index (χ4n) is 4.13. The van der Waals surface area contributed by atoms with Crippen LogP contribution in [0.3, 0.4) is 0 Å². The SMILES string of the molecule is Fc1ccc2[nH]nc(Nc3nc(-c4ccccc4C(F)(F)F)cc4c3CCCC4)c2c1.[V]. The first-order valence-electron chi connectivity index (χ1n) is 10.0. The van der Waals surface area contributed by atoms with Gasteiger partial charge in [-0.05, 0) is 67.1 Å². The summed E-state index contributed by atoms with van der Waals surface area (Å²) in [6.45, 7) is 0. The van der Waals surface area contributed by atoms with Gasteiger partial charge in [0.25, 0.3) is 0 Å². The van der Waals surface area contributed by atoms with Gasteiger partial charge in [-0.3, -0.25) is 5.10 Å². The van der Waals surface area contributed by atoms with Gasteiger partial charge in [-0.15, -0.1) is 0 Å². The monoisotopic (exact) mass is 477 g/mol. The second kappa shape index (κ2) is 8.60. The summed E-state index contributed by atoms with van der Waals surface area (Å²) in [5, 5.41) is 10.8. The molecule has 0 amide bonds. The molecule has 2 heterocycles. The zero-order valence-corrected chi connectivity index (χ0v) is 18.2. The van der Waals surface area contributed by atoms with Crippen LogP contribution >= 0.6 is 0 Å². The molecule has 0 fully saturated rings. The molecule has 0 aliphatic heterocycles. The van der Waals surface area contributed by atoms with Crippen molar-refractivity contribution in [2.45, 2.75) is 31.9 Å². The molecular formula is C23H18F4N4V. The van der Waals surface area contributed by atoms with Crippen molar-refractivity contribution in [2.24, 2.45) is 0 Å². The van der Waals surface area contributed by atoms with Crippen molar-refractivity contribution in [2.75, 3.05) is 5.32 Å². The minimum atomic E-state index is -4.49. The average Bonchev–Trinajstić information content (AvgIpc) is 3.15. The van der Waals surface area contributed by atoms with Crippen molar-refractivity contribution < 1.29 is 36.1 Å². The summed E-state index contributed by atoms with van der Waals surface area (Å²) in [7, 11) is 0. The van der Waals surface area contributed by atoms with Crippen molar-refractivity contribution >= 4 is 22.5 Å². The van der Waals surface area contributed by atoms with E-state index >= 15 is 0 Å². The summed E-state index contributed by atoms with van der Waals surface area (Å²) in [4.78, 5) is 4.58. The van der Waals surface area contributed by atoms with E-state index in [1.165, 1.54) is 24.3 Å². The predicted octanol–water partition coefficient (Wildman–Crippen LogP) is 6.40. The molecule has 2 N–H and O–H groups in total. The molecule has 0 unspecified atom stereocenters. The zero-order chi connectivity index (χ0) is 21.6. The van der Waals surface area contributed by atoms with E-state index in [4.69, 9.17) is 0 Å². The van der Waals surface area contributed by atoms with Gasteiger partial charge in [-0.1, -0.05) is 18.2 Å². The third-order valence-electron chi connectivity index (χ3n) is 5.61. The Balaban J connectivity index is 0.00000245. The molecule has 4 aromatic rings. The number of benzene rings is 2. The number of nitrogens with zero attached hydrogens (tertiary/aromatic N) is 2. The maximum absolute atomic E-state index is 13.8. The Morgan fingerprint density at radius 3 is 2.53 bits per heavy atom. The van der Waals surface area contributed by atoms with Gasteiger partial charge in [-0.25, -0.2) is 9.37 Å². The molecule has 9 heteroatoms. The van der Waals surface area contributed by atoms with Gasteiger partial charge in [0.05, 0.1) is 16.8 Å². The normalized spacial score (nSPS) is 13.5. The van der Waals surface area contributed by atoms with E-state index in [-0.39, 0.29) is 29.8 Å². The number of hydrogen-bond donors (Lipinski definition) is 2. The Bertz CT molecular complexity index is 1280. The summed E-state index contributed by atoms with van der Waals surface area (Å²) in [5.41, 5.74) is 2.15. The molecule has 0 saturated heterocycles. The first kappa shape index (κ1) is 22.4. The van der Waals surface area contributed by atoms with Crippen LogP contribution in [0.25, 0.3) is 22.2 Å². The Morgan fingerprint density at radius 2 is 1.72 bits per heavy atom. The quantitative estimate of drug-likeness (QED) is 0.336. The van der Waals surface area contributed by atoms with E-state index in [0.717, 1.165) is 42.9 Å². The van der Waals surface area contributed by atoms with E-state index in [1.54, 1.807) is 18.2 Å². The number of hydrogen-bond acceptors (Lipinski definition) is 3. The molecule has 2 aromatic heterocycles. The van der Waals surface area contributed by atoms with Crippen LogP contribution in [-0.4, -0.2) is 15.2 Å². The van der Waals surface area contributed by atoms with Gasteiger partial charge in [0.1, 0.15) is 11.6 Å². The number of anilines is 2. The maximum Gasteiger partial charge on any atom is 0.417 e. The Labute approximate surface area is 193 Å². The Hall–Kier alpha value is -2.84. The number of H-pyrrole nitrogens is 1. The molecule has 0 bridgehead atoms. The number of aromatic nitrogens is 3. The molecule has 5 rings (SSSR count). The van der Waals surface area contributed by atoms with Crippen LogP contribution in [0.5, 0.6) is 0 Å². The predicted molar refractivity (Wildman–Crippen MR) is 111 cm³/mol. The zero-order valence-electron chi connectivity index (χ0n) is 16.8. The third-order valence-corrected chi connectivity index (χ3v) is 5.61. The van der Waals surface area contributed by atoms with E-state index in [9.17, 15) is 17.6 Å². The number of aromatic amines is 1. The largest absolute Gasteiger partial charge is 0.417 e. The van der Waals surface area contributed by atoms with E-state index in [0.29, 0.717) is 22.5 Å². The fourth-order valence-corrected chi connectivity index (χ4v) is 4.13. The van der Waals surface area contributed by atoms with Gasteiger partial charge in [0, 0.05) is 29.5 Å². The van der Waals surface area contributed by atoms with Gasteiger partial charge in [0.2, 0.25) is 0 Å². The molecule has 1 aliphatic rings. The summed E-state index contributed by atoms with van der Waals surface area (Å²) < 4.78 is 54.6. The number of pyridine rings is 1. The second-order valence-electron chi connectivity index (χ2n) is 7.63. The van der Waals surface area contributed by atoms with Crippen LogP contribution in [0.15, 0.2) is 48.5 Å². The van der Waals surface area contributed by atoms with Crippen LogP contribution in [0, 0.1) is 5.82 Å². The van der Waals surface area contributed by atoms with Crippen molar-refractivity contribution in [3.8, 4) is 11.3 Å². The third kappa shape index (κ3) is 4.12. The smallest absolute Gasteiger partial charge is 0.323 e. The number of halogens is 4. The Morgan fingerprint density at radius 1 is 0.938 bits per heavy atom. The molecule has 1 radical (unpaired) electrons. The second-order valence-corrected chi connectivity index (χ2v) is 7.63. The van der Waals surface area contributed by atoms with Crippen molar-refractivity contribution in [1.29, 1.82) is 0 Å². The fraction of sp³-hybridized carbons (Fsp3) is 0.217. The molecule has 0 saturated carbocycles. The van der Waals surface area contributed by atoms with Crippen molar-refractivity contribution in [1.82, 2.24) is 15.2 Å². The minimum absolute atomic E-state index is 0. The summed E-state index contributed by atoms with van der Waals surface area (Å²) >= 11 is 0. The van der Waals surface area contributed by atoms with Crippen LogP contribution in [0.4, 0.5) is 29.2 Å². The van der Waals surface area contributed by atoms with E-state index < -0.39 is 17.6 Å². The molecule has 2 aromatic carbocycles. The average molecular weight is 477 g/mol. The van der Waals surface area contributed by atoms with Gasteiger partial charge in [-0.2, -0.15) is 18.3 Å². The van der Waals surface area contributed by atoms with Crippen LogP contribution in [-0.2, 0) is 37.6 Å². The standard InChI is InChI=1S/C23H18F4N4.V/c24-14-9-10-19-17(12-14)22(31-30-19)29-21-15-6-2-1-5-13(15)11-20(28-21)16-7-3-4-8-18(16)23(25,26)27;/h3-4,7-12H,1-2,5-6H2,(H2,28,29,30,31);. The Kier molecular flexibility index (Phi) is 6.01. The van der Waals surface area contributed by atoms with Crippen molar-refractivity contribution in [3.05, 3.63) is 71.0 Å². The topological polar surface area (TPSA) is 53.6 Å². The van der Waals surface area contributed by atoms with Crippen LogP contribution < -0.4 is 5.32 Å². The first-order chi connectivity index (χ1) is 14.9. The van der Waals surface area contributed by atoms with E-state index in [2.05, 4.69) is 20.5 Å².